The van der Waals surface area contributed by atoms with Gasteiger partial charge in [0.2, 0.25) is 0 Å². The summed E-state index contributed by atoms with van der Waals surface area (Å²) in [5.41, 5.74) is 1.92. The molecular weight excluding hydrogens is 250 g/mol. The molecule has 0 bridgehead atoms. The van der Waals surface area contributed by atoms with Crippen molar-refractivity contribution in [1.29, 1.82) is 0 Å². The number of carbonyl (C=O) groups excluding carboxylic acids is 1. The minimum atomic E-state index is 0.143. The smallest absolute Gasteiger partial charge is 0.255 e. The van der Waals surface area contributed by atoms with Crippen molar-refractivity contribution in [3.8, 4) is 0 Å². The Bertz CT molecular complexity index is 449. The molecule has 110 valence electrons. The predicted octanol–water partition coefficient (Wildman–Crippen LogP) is 1.92. The first kappa shape index (κ1) is 14.9. The van der Waals surface area contributed by atoms with Crippen LogP contribution in [-0.2, 0) is 0 Å². The zero-order valence-electron chi connectivity index (χ0n) is 12.8. The molecule has 0 radical (unpaired) electrons. The van der Waals surface area contributed by atoms with Crippen molar-refractivity contribution >= 4 is 11.6 Å². The predicted molar refractivity (Wildman–Crippen MR) is 83.4 cm³/mol. The van der Waals surface area contributed by atoms with E-state index in [0.717, 1.165) is 50.5 Å². The molecule has 0 aliphatic carbocycles. The van der Waals surface area contributed by atoms with Crippen LogP contribution in [0.3, 0.4) is 0 Å². The van der Waals surface area contributed by atoms with Crippen LogP contribution in [0.25, 0.3) is 0 Å². The Balaban J connectivity index is 2.24. The quantitative estimate of drug-likeness (QED) is 0.840. The van der Waals surface area contributed by atoms with E-state index in [2.05, 4.69) is 22.9 Å². The molecule has 1 aromatic rings. The van der Waals surface area contributed by atoms with Gasteiger partial charge in [0.05, 0.1) is 5.56 Å². The van der Waals surface area contributed by atoms with E-state index in [9.17, 15) is 4.79 Å². The zero-order chi connectivity index (χ0) is 14.5. The number of carbonyl (C=O) groups is 1. The lowest BCUT2D eigenvalue weighted by Gasteiger charge is -2.35. The summed E-state index contributed by atoms with van der Waals surface area (Å²) in [6, 6.07) is 8.00. The van der Waals surface area contributed by atoms with Crippen LogP contribution in [0.5, 0.6) is 0 Å². The van der Waals surface area contributed by atoms with Crippen LogP contribution in [0, 0.1) is 0 Å². The van der Waals surface area contributed by atoms with Gasteiger partial charge in [0.15, 0.2) is 0 Å². The Hall–Kier alpha value is -1.55. The number of nitrogens with zero attached hydrogens (tertiary/aromatic N) is 3. The molecule has 0 N–H and O–H groups in total. The fourth-order valence-electron chi connectivity index (χ4n) is 2.66. The molecule has 2 rings (SSSR count). The van der Waals surface area contributed by atoms with Crippen molar-refractivity contribution in [1.82, 2.24) is 9.80 Å². The molecule has 1 fully saturated rings. The Morgan fingerprint density at radius 3 is 2.30 bits per heavy atom. The molecule has 0 spiro atoms. The molecule has 0 saturated carbocycles. The van der Waals surface area contributed by atoms with Crippen molar-refractivity contribution in [2.45, 2.75) is 13.8 Å². The molecule has 1 aliphatic rings. The molecule has 1 aliphatic heterocycles. The van der Waals surface area contributed by atoms with Gasteiger partial charge in [0, 0.05) is 45.0 Å². The number of amides is 1. The van der Waals surface area contributed by atoms with Crippen molar-refractivity contribution in [3.63, 3.8) is 0 Å². The Morgan fingerprint density at radius 1 is 1.10 bits per heavy atom. The van der Waals surface area contributed by atoms with Gasteiger partial charge in [0.1, 0.15) is 0 Å². The van der Waals surface area contributed by atoms with E-state index in [1.807, 2.05) is 36.9 Å². The van der Waals surface area contributed by atoms with Crippen molar-refractivity contribution in [3.05, 3.63) is 29.8 Å². The van der Waals surface area contributed by atoms with Gasteiger partial charge < -0.3 is 14.7 Å². The van der Waals surface area contributed by atoms with E-state index in [-0.39, 0.29) is 5.91 Å². The van der Waals surface area contributed by atoms with Gasteiger partial charge in [-0.05, 0) is 33.0 Å². The number of hydrogen-bond donors (Lipinski definition) is 0. The molecule has 4 nitrogen and oxygen atoms in total. The van der Waals surface area contributed by atoms with E-state index in [4.69, 9.17) is 0 Å². The third-order valence-corrected chi connectivity index (χ3v) is 4.03. The van der Waals surface area contributed by atoms with Crippen LogP contribution < -0.4 is 4.90 Å². The number of hydrogen-bond acceptors (Lipinski definition) is 3. The van der Waals surface area contributed by atoms with Crippen LogP contribution in [-0.4, -0.2) is 62.0 Å². The largest absolute Gasteiger partial charge is 0.368 e. The lowest BCUT2D eigenvalue weighted by atomic mass is 10.1. The number of benzene rings is 1. The van der Waals surface area contributed by atoms with Crippen LogP contribution >= 0.6 is 0 Å². The monoisotopic (exact) mass is 275 g/mol. The SMILES string of the molecule is CCN(CC)C(=O)c1ccccc1N1CCN(C)CC1. The van der Waals surface area contributed by atoms with Crippen LogP contribution in [0.15, 0.2) is 24.3 Å². The Labute approximate surface area is 122 Å². The molecule has 20 heavy (non-hydrogen) atoms. The number of rotatable bonds is 4. The highest BCUT2D eigenvalue weighted by Gasteiger charge is 2.21. The van der Waals surface area contributed by atoms with Crippen LogP contribution in [0.4, 0.5) is 5.69 Å². The average molecular weight is 275 g/mol. The number of likely N-dealkylation sites (N-methyl/N-ethyl adjacent to an activating group) is 1. The van der Waals surface area contributed by atoms with Crippen LogP contribution in [0.2, 0.25) is 0 Å². The van der Waals surface area contributed by atoms with Crippen molar-refractivity contribution in [2.75, 3.05) is 51.2 Å². The summed E-state index contributed by atoms with van der Waals surface area (Å²) in [4.78, 5) is 19.2. The third-order valence-electron chi connectivity index (χ3n) is 4.03. The summed E-state index contributed by atoms with van der Waals surface area (Å²) in [7, 11) is 2.14. The maximum Gasteiger partial charge on any atom is 0.255 e. The molecule has 1 heterocycles. The maximum atomic E-state index is 12.6. The number of anilines is 1. The second-order valence-corrected chi connectivity index (χ2v) is 5.28. The Kier molecular flexibility index (Phi) is 5.01. The lowest BCUT2D eigenvalue weighted by Crippen LogP contribution is -2.45. The minimum absolute atomic E-state index is 0.143. The van der Waals surface area contributed by atoms with Gasteiger partial charge in [-0.15, -0.1) is 0 Å². The van der Waals surface area contributed by atoms with Gasteiger partial charge >= 0.3 is 0 Å². The summed E-state index contributed by atoms with van der Waals surface area (Å²) in [5, 5.41) is 0. The highest BCUT2D eigenvalue weighted by molar-refractivity contribution is 5.99. The van der Waals surface area contributed by atoms with Crippen molar-refractivity contribution in [2.24, 2.45) is 0 Å². The van der Waals surface area contributed by atoms with Gasteiger partial charge in [-0.2, -0.15) is 0 Å². The molecule has 0 atom stereocenters. The standard InChI is InChI=1S/C16H25N3O/c1-4-18(5-2)16(20)14-8-6-7-9-15(14)19-12-10-17(3)11-13-19/h6-9H,4-5,10-13H2,1-3H3. The molecule has 4 heteroatoms. The van der Waals surface area contributed by atoms with Gasteiger partial charge in [-0.3, -0.25) is 4.79 Å². The molecule has 1 amide bonds. The summed E-state index contributed by atoms with van der Waals surface area (Å²) in [6.07, 6.45) is 0. The normalized spacial score (nSPS) is 16.2. The Morgan fingerprint density at radius 2 is 1.70 bits per heavy atom. The average Bonchev–Trinajstić information content (AvgIpc) is 2.49. The van der Waals surface area contributed by atoms with E-state index in [0.29, 0.717) is 0 Å². The molecule has 0 unspecified atom stereocenters. The maximum absolute atomic E-state index is 12.6. The van der Waals surface area contributed by atoms with E-state index in [1.165, 1.54) is 0 Å². The first-order valence-corrected chi connectivity index (χ1v) is 7.49. The molecule has 1 saturated heterocycles. The molecular formula is C16H25N3O. The van der Waals surface area contributed by atoms with Crippen LogP contribution in [0.1, 0.15) is 24.2 Å². The minimum Gasteiger partial charge on any atom is -0.368 e. The van der Waals surface area contributed by atoms with E-state index in [1.54, 1.807) is 0 Å². The number of para-hydroxylation sites is 1. The first-order chi connectivity index (χ1) is 9.67. The van der Waals surface area contributed by atoms with E-state index < -0.39 is 0 Å². The topological polar surface area (TPSA) is 26.8 Å². The third kappa shape index (κ3) is 3.12. The first-order valence-electron chi connectivity index (χ1n) is 7.49. The summed E-state index contributed by atoms with van der Waals surface area (Å²) < 4.78 is 0. The highest BCUT2D eigenvalue weighted by atomic mass is 16.2. The lowest BCUT2D eigenvalue weighted by molar-refractivity contribution is 0.0773. The highest BCUT2D eigenvalue weighted by Crippen LogP contribution is 2.23. The molecule has 1 aromatic carbocycles. The number of piperazine rings is 1. The fraction of sp³-hybridized carbons (Fsp3) is 0.562. The van der Waals surface area contributed by atoms with Gasteiger partial charge in [-0.25, -0.2) is 0 Å². The fourth-order valence-corrected chi connectivity index (χ4v) is 2.66. The van der Waals surface area contributed by atoms with Gasteiger partial charge in [0.25, 0.3) is 5.91 Å². The van der Waals surface area contributed by atoms with E-state index >= 15 is 0 Å². The zero-order valence-corrected chi connectivity index (χ0v) is 12.8. The second kappa shape index (κ2) is 6.75. The summed E-state index contributed by atoms with van der Waals surface area (Å²) in [5.74, 6) is 0.143. The summed E-state index contributed by atoms with van der Waals surface area (Å²) in [6.45, 7) is 9.64. The summed E-state index contributed by atoms with van der Waals surface area (Å²) >= 11 is 0. The second-order valence-electron chi connectivity index (χ2n) is 5.28. The van der Waals surface area contributed by atoms with Crippen molar-refractivity contribution < 1.29 is 4.79 Å². The molecule has 0 aromatic heterocycles. The van der Waals surface area contributed by atoms with Gasteiger partial charge in [-0.1, -0.05) is 12.1 Å².